The number of anilines is 2. The van der Waals surface area contributed by atoms with Crippen molar-refractivity contribution in [1.29, 1.82) is 0 Å². The van der Waals surface area contributed by atoms with Crippen LogP contribution in [0.1, 0.15) is 12.5 Å². The molecule has 3 N–H and O–H groups in total. The van der Waals surface area contributed by atoms with Gasteiger partial charge in [0.05, 0.1) is 11.4 Å². The predicted molar refractivity (Wildman–Crippen MR) is 95.7 cm³/mol. The lowest BCUT2D eigenvalue weighted by Crippen LogP contribution is -2.32. The van der Waals surface area contributed by atoms with E-state index in [1.54, 1.807) is 12.1 Å². The van der Waals surface area contributed by atoms with Crippen LogP contribution in [-0.2, 0) is 19.6 Å². The molecule has 7 nitrogen and oxygen atoms in total. The molecule has 2 amide bonds. The van der Waals surface area contributed by atoms with E-state index in [0.717, 1.165) is 5.56 Å². The second-order valence-corrected chi connectivity index (χ2v) is 7.21. The minimum Gasteiger partial charge on any atom is -0.326 e. The van der Waals surface area contributed by atoms with Crippen LogP contribution in [0, 0.1) is 6.92 Å². The fourth-order valence-electron chi connectivity index (χ4n) is 2.01. The van der Waals surface area contributed by atoms with Crippen LogP contribution in [0.25, 0.3) is 0 Å². The van der Waals surface area contributed by atoms with E-state index in [2.05, 4.69) is 15.4 Å². The highest BCUT2D eigenvalue weighted by atomic mass is 32.2. The Hall–Kier alpha value is -2.71. The second kappa shape index (κ2) is 7.91. The van der Waals surface area contributed by atoms with Gasteiger partial charge in [0, 0.05) is 18.3 Å². The van der Waals surface area contributed by atoms with Gasteiger partial charge >= 0.3 is 0 Å². The van der Waals surface area contributed by atoms with Gasteiger partial charge in [-0.2, -0.15) is 0 Å². The summed E-state index contributed by atoms with van der Waals surface area (Å²) in [4.78, 5) is 22.8. The molecular weight excluding hydrogens is 342 g/mol. The number of hydrogen-bond acceptors (Lipinski definition) is 4. The fraction of sp³-hybridized carbons (Fsp3) is 0.176. The third-order valence-corrected chi connectivity index (χ3v) is 4.66. The zero-order valence-corrected chi connectivity index (χ0v) is 14.7. The van der Waals surface area contributed by atoms with Crippen LogP contribution >= 0.6 is 0 Å². The van der Waals surface area contributed by atoms with Gasteiger partial charge in [-0.3, -0.25) is 9.59 Å². The average molecular weight is 361 g/mol. The van der Waals surface area contributed by atoms with E-state index in [1.165, 1.54) is 31.2 Å². The SMILES string of the molecule is CC(=O)Nc1ccc(S(=O)(=O)NCC(=O)Nc2ccc(C)cc2)cc1. The average Bonchev–Trinajstić information content (AvgIpc) is 2.55. The minimum absolute atomic E-state index is 0.00439. The Balaban J connectivity index is 1.95. The number of carbonyl (C=O) groups excluding carboxylic acids is 2. The van der Waals surface area contributed by atoms with Gasteiger partial charge in [-0.1, -0.05) is 17.7 Å². The Bertz CT molecular complexity index is 860. The normalized spacial score (nSPS) is 11.0. The zero-order chi connectivity index (χ0) is 18.4. The molecule has 0 saturated carbocycles. The first-order chi connectivity index (χ1) is 11.8. The number of carbonyl (C=O) groups is 2. The van der Waals surface area contributed by atoms with Crippen LogP contribution < -0.4 is 15.4 Å². The van der Waals surface area contributed by atoms with Gasteiger partial charge in [-0.25, -0.2) is 13.1 Å². The molecule has 8 heteroatoms. The molecule has 0 aliphatic heterocycles. The quantitative estimate of drug-likeness (QED) is 0.730. The van der Waals surface area contributed by atoms with Crippen molar-refractivity contribution in [3.63, 3.8) is 0 Å². The lowest BCUT2D eigenvalue weighted by molar-refractivity contribution is -0.115. The van der Waals surface area contributed by atoms with E-state index in [1.807, 2.05) is 19.1 Å². The smallest absolute Gasteiger partial charge is 0.241 e. The van der Waals surface area contributed by atoms with E-state index < -0.39 is 15.9 Å². The Morgan fingerprint density at radius 1 is 0.880 bits per heavy atom. The van der Waals surface area contributed by atoms with Gasteiger partial charge in [0.25, 0.3) is 0 Å². The summed E-state index contributed by atoms with van der Waals surface area (Å²) in [6.45, 7) is 2.90. The van der Waals surface area contributed by atoms with Crippen LogP contribution in [-0.4, -0.2) is 26.8 Å². The topological polar surface area (TPSA) is 104 Å². The van der Waals surface area contributed by atoms with Crippen molar-refractivity contribution in [2.24, 2.45) is 0 Å². The van der Waals surface area contributed by atoms with Crippen molar-refractivity contribution >= 4 is 33.2 Å². The van der Waals surface area contributed by atoms with Crippen molar-refractivity contribution in [2.45, 2.75) is 18.7 Å². The number of hydrogen-bond donors (Lipinski definition) is 3. The van der Waals surface area contributed by atoms with Gasteiger partial charge < -0.3 is 10.6 Å². The number of nitrogens with one attached hydrogen (secondary N) is 3. The molecule has 0 spiro atoms. The van der Waals surface area contributed by atoms with Gasteiger partial charge in [0.15, 0.2) is 0 Å². The lowest BCUT2D eigenvalue weighted by Gasteiger charge is -2.09. The molecule has 2 aromatic carbocycles. The number of aryl methyl sites for hydroxylation is 1. The molecule has 0 bridgehead atoms. The van der Waals surface area contributed by atoms with Gasteiger partial charge in [0.1, 0.15) is 0 Å². The zero-order valence-electron chi connectivity index (χ0n) is 13.9. The number of benzene rings is 2. The first kappa shape index (κ1) is 18.6. The van der Waals surface area contributed by atoms with E-state index in [-0.39, 0.29) is 17.3 Å². The summed E-state index contributed by atoms with van der Waals surface area (Å²) in [7, 11) is -3.82. The first-order valence-corrected chi connectivity index (χ1v) is 8.98. The third kappa shape index (κ3) is 5.70. The maximum absolute atomic E-state index is 12.2. The van der Waals surface area contributed by atoms with Crippen molar-refractivity contribution in [3.05, 3.63) is 54.1 Å². The van der Waals surface area contributed by atoms with Crippen LogP contribution in [0.15, 0.2) is 53.4 Å². The fourth-order valence-corrected chi connectivity index (χ4v) is 2.99. The molecule has 0 aliphatic carbocycles. The second-order valence-electron chi connectivity index (χ2n) is 5.44. The Morgan fingerprint density at radius 2 is 1.40 bits per heavy atom. The highest BCUT2D eigenvalue weighted by Crippen LogP contribution is 2.14. The minimum atomic E-state index is -3.82. The molecule has 2 rings (SSSR count). The van der Waals surface area contributed by atoms with Crippen molar-refractivity contribution < 1.29 is 18.0 Å². The number of amides is 2. The molecule has 0 aromatic heterocycles. The van der Waals surface area contributed by atoms with E-state index in [4.69, 9.17) is 0 Å². The Kier molecular flexibility index (Phi) is 5.89. The van der Waals surface area contributed by atoms with Crippen molar-refractivity contribution in [2.75, 3.05) is 17.2 Å². The van der Waals surface area contributed by atoms with Crippen LogP contribution in [0.2, 0.25) is 0 Å². The molecule has 0 saturated heterocycles. The Labute approximate surface area is 146 Å². The van der Waals surface area contributed by atoms with Crippen LogP contribution in [0.3, 0.4) is 0 Å². The maximum Gasteiger partial charge on any atom is 0.241 e. The monoisotopic (exact) mass is 361 g/mol. The summed E-state index contributed by atoms with van der Waals surface area (Å²) in [6, 6.07) is 12.8. The molecule has 0 heterocycles. The van der Waals surface area contributed by atoms with Crippen LogP contribution in [0.5, 0.6) is 0 Å². The van der Waals surface area contributed by atoms with Gasteiger partial charge in [0.2, 0.25) is 21.8 Å². The van der Waals surface area contributed by atoms with Crippen molar-refractivity contribution in [3.8, 4) is 0 Å². The predicted octanol–water partition coefficient (Wildman–Crippen LogP) is 1.87. The highest BCUT2D eigenvalue weighted by molar-refractivity contribution is 7.89. The summed E-state index contributed by atoms with van der Waals surface area (Å²) in [5, 5.41) is 5.16. The third-order valence-electron chi connectivity index (χ3n) is 3.24. The molecule has 0 radical (unpaired) electrons. The van der Waals surface area contributed by atoms with Gasteiger partial charge in [-0.15, -0.1) is 0 Å². The molecular formula is C17H19N3O4S. The maximum atomic E-state index is 12.2. The summed E-state index contributed by atoms with van der Waals surface area (Å²) in [6.07, 6.45) is 0. The molecule has 0 fully saturated rings. The molecule has 25 heavy (non-hydrogen) atoms. The first-order valence-electron chi connectivity index (χ1n) is 7.50. The molecule has 0 aliphatic rings. The lowest BCUT2D eigenvalue weighted by atomic mass is 10.2. The molecule has 132 valence electrons. The highest BCUT2D eigenvalue weighted by Gasteiger charge is 2.15. The summed E-state index contributed by atoms with van der Waals surface area (Å²) < 4.78 is 26.6. The van der Waals surface area contributed by atoms with Gasteiger partial charge in [-0.05, 0) is 43.3 Å². The molecule has 0 unspecified atom stereocenters. The molecule has 2 aromatic rings. The molecule has 0 atom stereocenters. The van der Waals surface area contributed by atoms with E-state index >= 15 is 0 Å². The Morgan fingerprint density at radius 3 is 1.96 bits per heavy atom. The van der Waals surface area contributed by atoms with E-state index in [9.17, 15) is 18.0 Å². The van der Waals surface area contributed by atoms with Crippen molar-refractivity contribution in [1.82, 2.24) is 4.72 Å². The van der Waals surface area contributed by atoms with Crippen LogP contribution in [0.4, 0.5) is 11.4 Å². The largest absolute Gasteiger partial charge is 0.326 e. The van der Waals surface area contributed by atoms with E-state index in [0.29, 0.717) is 11.4 Å². The number of sulfonamides is 1. The summed E-state index contributed by atoms with van der Waals surface area (Å²) in [5.74, 6) is -0.719. The standard InChI is InChI=1S/C17H19N3O4S/c1-12-3-5-15(6-4-12)20-17(22)11-18-25(23,24)16-9-7-14(8-10-16)19-13(2)21/h3-10,18H,11H2,1-2H3,(H,19,21)(H,20,22). The summed E-state index contributed by atoms with van der Waals surface area (Å²) in [5.41, 5.74) is 2.14. The number of rotatable bonds is 6. The summed E-state index contributed by atoms with van der Waals surface area (Å²) >= 11 is 0.